The summed E-state index contributed by atoms with van der Waals surface area (Å²) in [6.07, 6.45) is 12.3. The minimum Gasteiger partial charge on any atom is -0.461 e. The lowest BCUT2D eigenvalue weighted by atomic mass is 9.95. The Hall–Kier alpha value is -1.76. The number of amides is 1. The summed E-state index contributed by atoms with van der Waals surface area (Å²) in [6.45, 7) is 1.96. The third-order valence-corrected chi connectivity index (χ3v) is 6.76. The van der Waals surface area contributed by atoms with Gasteiger partial charge in [0.25, 0.3) is 0 Å². The molecule has 146 valence electrons. The Morgan fingerprint density at radius 3 is 2.63 bits per heavy atom. The Morgan fingerprint density at radius 2 is 1.93 bits per heavy atom. The SMILES string of the molecule is CC(Sc1nnc(-c2ccco2)n1C1CCCCC1)C(=O)NC1CCCC1. The molecule has 0 bridgehead atoms. The fourth-order valence-corrected chi connectivity index (χ4v) is 5.13. The van der Waals surface area contributed by atoms with Gasteiger partial charge in [-0.1, -0.05) is 43.9 Å². The zero-order valence-electron chi connectivity index (χ0n) is 15.9. The summed E-state index contributed by atoms with van der Waals surface area (Å²) in [7, 11) is 0. The number of furan rings is 1. The maximum Gasteiger partial charge on any atom is 0.233 e. The quantitative estimate of drug-likeness (QED) is 0.733. The normalized spacial score (nSPS) is 20.0. The van der Waals surface area contributed by atoms with Crippen molar-refractivity contribution in [2.45, 2.75) is 87.2 Å². The van der Waals surface area contributed by atoms with Crippen molar-refractivity contribution >= 4 is 17.7 Å². The van der Waals surface area contributed by atoms with Crippen molar-refractivity contribution in [2.24, 2.45) is 0 Å². The van der Waals surface area contributed by atoms with Crippen LogP contribution in [0.1, 0.15) is 70.8 Å². The lowest BCUT2D eigenvalue weighted by Gasteiger charge is -2.25. The topological polar surface area (TPSA) is 73.0 Å². The Balaban J connectivity index is 1.53. The van der Waals surface area contributed by atoms with E-state index in [0.717, 1.165) is 42.4 Å². The molecule has 0 spiro atoms. The lowest BCUT2D eigenvalue weighted by molar-refractivity contribution is -0.120. The van der Waals surface area contributed by atoms with Crippen LogP contribution in [0.25, 0.3) is 11.6 Å². The number of nitrogens with zero attached hydrogens (tertiary/aromatic N) is 3. The average Bonchev–Trinajstić information content (AvgIpc) is 3.44. The molecule has 2 saturated carbocycles. The fourth-order valence-electron chi connectivity index (χ4n) is 4.20. The Bertz CT molecular complexity index is 746. The van der Waals surface area contributed by atoms with E-state index in [1.54, 1.807) is 6.26 Å². The van der Waals surface area contributed by atoms with E-state index in [-0.39, 0.29) is 11.2 Å². The molecular formula is C20H28N4O2S. The average molecular weight is 389 g/mol. The van der Waals surface area contributed by atoms with Crippen LogP contribution < -0.4 is 5.32 Å². The molecule has 7 heteroatoms. The van der Waals surface area contributed by atoms with E-state index in [1.165, 1.54) is 43.9 Å². The molecule has 1 unspecified atom stereocenters. The van der Waals surface area contributed by atoms with E-state index < -0.39 is 0 Å². The molecule has 0 aliphatic heterocycles. The minimum atomic E-state index is -0.193. The van der Waals surface area contributed by atoms with Gasteiger partial charge in [0.1, 0.15) is 0 Å². The van der Waals surface area contributed by atoms with Crippen LogP contribution in [0.3, 0.4) is 0 Å². The smallest absolute Gasteiger partial charge is 0.233 e. The van der Waals surface area contributed by atoms with Gasteiger partial charge < -0.3 is 9.73 Å². The van der Waals surface area contributed by atoms with Crippen molar-refractivity contribution in [2.75, 3.05) is 0 Å². The summed E-state index contributed by atoms with van der Waals surface area (Å²) in [4.78, 5) is 12.6. The van der Waals surface area contributed by atoms with Gasteiger partial charge in [0, 0.05) is 12.1 Å². The molecule has 2 heterocycles. The zero-order valence-corrected chi connectivity index (χ0v) is 16.7. The lowest BCUT2D eigenvalue weighted by Crippen LogP contribution is -2.37. The molecule has 2 fully saturated rings. The highest BCUT2D eigenvalue weighted by atomic mass is 32.2. The molecule has 2 aliphatic rings. The molecule has 1 amide bonds. The number of hydrogen-bond acceptors (Lipinski definition) is 5. The van der Waals surface area contributed by atoms with Crippen molar-refractivity contribution in [1.29, 1.82) is 0 Å². The first kappa shape index (κ1) is 18.6. The van der Waals surface area contributed by atoms with Crippen LogP contribution in [0.4, 0.5) is 0 Å². The van der Waals surface area contributed by atoms with Crippen molar-refractivity contribution in [3.8, 4) is 11.6 Å². The molecule has 0 radical (unpaired) electrons. The second kappa shape index (κ2) is 8.50. The van der Waals surface area contributed by atoms with E-state index in [1.807, 2.05) is 19.1 Å². The summed E-state index contributed by atoms with van der Waals surface area (Å²) in [5.41, 5.74) is 0. The predicted molar refractivity (Wildman–Crippen MR) is 106 cm³/mol. The summed E-state index contributed by atoms with van der Waals surface area (Å²) >= 11 is 1.51. The van der Waals surface area contributed by atoms with Gasteiger partial charge in [-0.2, -0.15) is 0 Å². The molecule has 0 aromatic carbocycles. The molecule has 0 saturated heterocycles. The highest BCUT2D eigenvalue weighted by Crippen LogP contribution is 2.36. The highest BCUT2D eigenvalue weighted by Gasteiger charge is 2.28. The van der Waals surface area contributed by atoms with E-state index in [9.17, 15) is 4.79 Å². The van der Waals surface area contributed by atoms with E-state index in [0.29, 0.717) is 12.1 Å². The van der Waals surface area contributed by atoms with E-state index >= 15 is 0 Å². The molecule has 1 atom stereocenters. The molecule has 1 N–H and O–H groups in total. The zero-order chi connectivity index (χ0) is 18.6. The highest BCUT2D eigenvalue weighted by molar-refractivity contribution is 8.00. The monoisotopic (exact) mass is 388 g/mol. The van der Waals surface area contributed by atoms with Gasteiger partial charge in [-0.15, -0.1) is 10.2 Å². The van der Waals surface area contributed by atoms with Crippen LogP contribution >= 0.6 is 11.8 Å². The van der Waals surface area contributed by atoms with Crippen molar-refractivity contribution in [3.05, 3.63) is 18.4 Å². The van der Waals surface area contributed by atoms with Crippen LogP contribution in [0.15, 0.2) is 28.0 Å². The number of thioether (sulfide) groups is 1. The standard InChI is InChI=1S/C20H28N4O2S/c1-14(19(25)21-15-8-5-6-9-15)27-20-23-22-18(17-12-7-13-26-17)24(20)16-10-3-2-4-11-16/h7,12-16H,2-6,8-11H2,1H3,(H,21,25). The first-order valence-corrected chi connectivity index (χ1v) is 11.1. The van der Waals surface area contributed by atoms with Gasteiger partial charge in [-0.25, -0.2) is 0 Å². The Kier molecular flexibility index (Phi) is 5.86. The third-order valence-electron chi connectivity index (χ3n) is 5.70. The molecule has 2 aromatic heterocycles. The predicted octanol–water partition coefficient (Wildman–Crippen LogP) is 4.58. The first-order chi connectivity index (χ1) is 13.2. The second-order valence-corrected chi connectivity index (χ2v) is 9.00. The number of carbonyl (C=O) groups is 1. The number of aromatic nitrogens is 3. The fraction of sp³-hybridized carbons (Fsp3) is 0.650. The van der Waals surface area contributed by atoms with Crippen LogP contribution in [0.2, 0.25) is 0 Å². The van der Waals surface area contributed by atoms with Gasteiger partial charge in [0.05, 0.1) is 11.5 Å². The van der Waals surface area contributed by atoms with Crippen LogP contribution in [0, 0.1) is 0 Å². The van der Waals surface area contributed by atoms with Crippen molar-refractivity contribution in [1.82, 2.24) is 20.1 Å². The summed E-state index contributed by atoms with van der Waals surface area (Å²) in [5, 5.41) is 12.7. The number of rotatable bonds is 6. The number of nitrogens with one attached hydrogen (secondary N) is 1. The Labute approximate surface area is 164 Å². The maximum absolute atomic E-state index is 12.6. The van der Waals surface area contributed by atoms with Crippen LogP contribution in [-0.4, -0.2) is 32.0 Å². The summed E-state index contributed by atoms with van der Waals surface area (Å²) < 4.78 is 7.80. The molecule has 2 aliphatic carbocycles. The molecular weight excluding hydrogens is 360 g/mol. The maximum atomic E-state index is 12.6. The van der Waals surface area contributed by atoms with Crippen LogP contribution in [0.5, 0.6) is 0 Å². The van der Waals surface area contributed by atoms with E-state index in [4.69, 9.17) is 4.42 Å². The largest absolute Gasteiger partial charge is 0.461 e. The molecule has 27 heavy (non-hydrogen) atoms. The second-order valence-electron chi connectivity index (χ2n) is 7.70. The van der Waals surface area contributed by atoms with Gasteiger partial charge >= 0.3 is 0 Å². The molecule has 4 rings (SSSR count). The van der Waals surface area contributed by atoms with Gasteiger partial charge in [-0.3, -0.25) is 9.36 Å². The molecule has 6 nitrogen and oxygen atoms in total. The number of hydrogen-bond donors (Lipinski definition) is 1. The summed E-state index contributed by atoms with van der Waals surface area (Å²) in [5.74, 6) is 1.62. The van der Waals surface area contributed by atoms with E-state index in [2.05, 4.69) is 20.1 Å². The summed E-state index contributed by atoms with van der Waals surface area (Å²) in [6, 6.07) is 4.52. The van der Waals surface area contributed by atoms with Crippen molar-refractivity contribution < 1.29 is 9.21 Å². The van der Waals surface area contributed by atoms with Crippen LogP contribution in [-0.2, 0) is 4.79 Å². The first-order valence-electron chi connectivity index (χ1n) is 10.2. The third kappa shape index (κ3) is 4.23. The number of carbonyl (C=O) groups excluding carboxylic acids is 1. The van der Waals surface area contributed by atoms with Crippen molar-refractivity contribution in [3.63, 3.8) is 0 Å². The minimum absolute atomic E-state index is 0.102. The Morgan fingerprint density at radius 1 is 1.19 bits per heavy atom. The van der Waals surface area contributed by atoms with Gasteiger partial charge in [0.2, 0.25) is 11.7 Å². The van der Waals surface area contributed by atoms with Gasteiger partial charge in [0.15, 0.2) is 10.9 Å². The molecule has 2 aromatic rings. The van der Waals surface area contributed by atoms with Gasteiger partial charge in [-0.05, 0) is 44.7 Å².